The van der Waals surface area contributed by atoms with E-state index in [0.717, 1.165) is 19.3 Å². The number of nitrogens with two attached hydrogens (primary N) is 1. The minimum Gasteiger partial charge on any atom is -0.373 e. The molecule has 3 heterocycles. The Labute approximate surface area is 110 Å². The van der Waals surface area contributed by atoms with Crippen LogP contribution >= 0.6 is 0 Å². The maximum atomic E-state index is 12.2. The van der Waals surface area contributed by atoms with Gasteiger partial charge in [-0.05, 0) is 19.3 Å². The lowest BCUT2D eigenvalue weighted by molar-refractivity contribution is 0.0996. The van der Waals surface area contributed by atoms with E-state index in [1.807, 2.05) is 0 Å². The molecule has 3 unspecified atom stereocenters. The van der Waals surface area contributed by atoms with Gasteiger partial charge in [-0.1, -0.05) is 0 Å². The smallest absolute Gasteiger partial charge is 0.243 e. The van der Waals surface area contributed by atoms with Gasteiger partial charge in [0.2, 0.25) is 16.0 Å². The summed E-state index contributed by atoms with van der Waals surface area (Å²) in [5, 5.41) is 0. The van der Waals surface area contributed by atoms with Crippen molar-refractivity contribution >= 4 is 16.0 Å². The molecule has 2 aliphatic heterocycles. The fourth-order valence-electron chi connectivity index (χ4n) is 2.56. The summed E-state index contributed by atoms with van der Waals surface area (Å²) >= 11 is 0. The Hall–Kier alpha value is -1.29. The predicted octanol–water partition coefficient (Wildman–Crippen LogP) is -0.640. The molecule has 9 heteroatoms. The first kappa shape index (κ1) is 12.7. The van der Waals surface area contributed by atoms with Crippen LogP contribution in [0.25, 0.3) is 0 Å². The lowest BCUT2D eigenvalue weighted by Crippen LogP contribution is -2.41. The SMILES string of the molecule is NNc1ncc(S(=O)(=O)NC2CC3CCC2O3)cn1. The Morgan fingerprint density at radius 3 is 2.58 bits per heavy atom. The lowest BCUT2D eigenvalue weighted by Gasteiger charge is -2.19. The number of sulfonamides is 1. The van der Waals surface area contributed by atoms with Gasteiger partial charge in [-0.2, -0.15) is 0 Å². The summed E-state index contributed by atoms with van der Waals surface area (Å²) in [6, 6.07) is -0.156. The van der Waals surface area contributed by atoms with Gasteiger partial charge in [0.1, 0.15) is 4.90 Å². The maximum Gasteiger partial charge on any atom is 0.243 e. The average molecular weight is 285 g/mol. The topological polar surface area (TPSA) is 119 Å². The number of nitrogens with zero attached hydrogens (tertiary/aromatic N) is 2. The van der Waals surface area contributed by atoms with Gasteiger partial charge in [0, 0.05) is 0 Å². The molecule has 2 aliphatic rings. The second kappa shape index (κ2) is 4.67. The van der Waals surface area contributed by atoms with Crippen LogP contribution < -0.4 is 16.0 Å². The van der Waals surface area contributed by atoms with Crippen molar-refractivity contribution < 1.29 is 13.2 Å². The number of hydrogen-bond acceptors (Lipinski definition) is 7. The zero-order chi connectivity index (χ0) is 13.5. The van der Waals surface area contributed by atoms with Crippen molar-refractivity contribution in [1.29, 1.82) is 0 Å². The zero-order valence-electron chi connectivity index (χ0n) is 10.1. The highest BCUT2D eigenvalue weighted by Gasteiger charge is 2.42. The lowest BCUT2D eigenvalue weighted by atomic mass is 9.96. The molecule has 4 N–H and O–H groups in total. The standard InChI is InChI=1S/C10H15N5O3S/c11-14-10-12-4-7(5-13-10)19(16,17)15-8-3-6-1-2-9(8)18-6/h4-6,8-9,15H,1-3,11H2,(H,12,13,14). The van der Waals surface area contributed by atoms with Crippen molar-refractivity contribution in [3.63, 3.8) is 0 Å². The summed E-state index contributed by atoms with van der Waals surface area (Å²) in [5.41, 5.74) is 2.24. The van der Waals surface area contributed by atoms with Crippen LogP contribution in [0.4, 0.5) is 5.95 Å². The maximum absolute atomic E-state index is 12.2. The first-order valence-corrected chi connectivity index (χ1v) is 7.53. The highest BCUT2D eigenvalue weighted by atomic mass is 32.2. The number of fused-ring (bicyclic) bond motifs is 2. The molecule has 0 radical (unpaired) electrons. The number of hydrazine groups is 1. The fraction of sp³-hybridized carbons (Fsp3) is 0.600. The summed E-state index contributed by atoms with van der Waals surface area (Å²) in [7, 11) is -3.61. The molecule has 3 atom stereocenters. The molecule has 1 aromatic heterocycles. The van der Waals surface area contributed by atoms with E-state index in [0.29, 0.717) is 0 Å². The Morgan fingerprint density at radius 1 is 1.32 bits per heavy atom. The Balaban J connectivity index is 1.75. The molecule has 0 aromatic carbocycles. The zero-order valence-corrected chi connectivity index (χ0v) is 10.9. The third-order valence-electron chi connectivity index (χ3n) is 3.48. The first-order chi connectivity index (χ1) is 9.08. The average Bonchev–Trinajstić information content (AvgIpc) is 3.00. The van der Waals surface area contributed by atoms with Crippen LogP contribution in [0.15, 0.2) is 17.3 Å². The van der Waals surface area contributed by atoms with E-state index in [2.05, 4.69) is 20.1 Å². The Morgan fingerprint density at radius 2 is 2.05 bits per heavy atom. The van der Waals surface area contributed by atoms with E-state index in [1.54, 1.807) is 0 Å². The summed E-state index contributed by atoms with van der Waals surface area (Å²) in [6.45, 7) is 0. The van der Waals surface area contributed by atoms with Crippen molar-refractivity contribution in [2.45, 2.75) is 42.4 Å². The second-order valence-electron chi connectivity index (χ2n) is 4.72. The van der Waals surface area contributed by atoms with Crippen molar-refractivity contribution in [1.82, 2.24) is 14.7 Å². The molecule has 0 saturated carbocycles. The Kier molecular flexibility index (Phi) is 3.13. The number of aromatic nitrogens is 2. The quantitative estimate of drug-likeness (QED) is 0.497. The highest BCUT2D eigenvalue weighted by Crippen LogP contribution is 2.34. The molecular weight excluding hydrogens is 270 g/mol. The van der Waals surface area contributed by atoms with Gasteiger partial charge in [0.05, 0.1) is 30.6 Å². The molecule has 0 spiro atoms. The van der Waals surface area contributed by atoms with Crippen molar-refractivity contribution in [2.24, 2.45) is 5.84 Å². The van der Waals surface area contributed by atoms with Crippen LogP contribution in [0, 0.1) is 0 Å². The van der Waals surface area contributed by atoms with E-state index < -0.39 is 10.0 Å². The minimum absolute atomic E-state index is 0.00863. The van der Waals surface area contributed by atoms with Gasteiger partial charge < -0.3 is 4.74 Å². The fourth-order valence-corrected chi connectivity index (χ4v) is 3.72. The minimum atomic E-state index is -3.61. The summed E-state index contributed by atoms with van der Waals surface area (Å²) < 4.78 is 32.6. The first-order valence-electron chi connectivity index (χ1n) is 6.05. The van der Waals surface area contributed by atoms with Crippen molar-refractivity contribution in [2.75, 3.05) is 5.43 Å². The monoisotopic (exact) mass is 285 g/mol. The van der Waals surface area contributed by atoms with Gasteiger partial charge >= 0.3 is 0 Å². The molecule has 1 aromatic rings. The molecule has 2 fully saturated rings. The number of hydrogen-bond donors (Lipinski definition) is 3. The van der Waals surface area contributed by atoms with Crippen LogP contribution in [0.1, 0.15) is 19.3 Å². The normalized spacial score (nSPS) is 29.6. The van der Waals surface area contributed by atoms with Gasteiger partial charge in [-0.3, -0.25) is 5.43 Å². The van der Waals surface area contributed by atoms with Gasteiger partial charge in [-0.25, -0.2) is 29.0 Å². The van der Waals surface area contributed by atoms with Crippen molar-refractivity contribution in [3.8, 4) is 0 Å². The molecule has 0 amide bonds. The predicted molar refractivity (Wildman–Crippen MR) is 66.5 cm³/mol. The molecule has 104 valence electrons. The highest BCUT2D eigenvalue weighted by molar-refractivity contribution is 7.89. The van der Waals surface area contributed by atoms with Gasteiger partial charge in [-0.15, -0.1) is 0 Å². The third kappa shape index (κ3) is 2.41. The number of rotatable bonds is 4. The van der Waals surface area contributed by atoms with Gasteiger partial charge in [0.25, 0.3) is 0 Å². The summed E-state index contributed by atoms with van der Waals surface area (Å²) in [6.07, 6.45) is 5.28. The molecule has 0 aliphatic carbocycles. The van der Waals surface area contributed by atoms with E-state index in [1.165, 1.54) is 12.4 Å². The number of anilines is 1. The van der Waals surface area contributed by atoms with E-state index >= 15 is 0 Å². The van der Waals surface area contributed by atoms with Crippen molar-refractivity contribution in [3.05, 3.63) is 12.4 Å². The van der Waals surface area contributed by atoms with E-state index in [4.69, 9.17) is 10.6 Å². The molecule has 3 rings (SSSR count). The largest absolute Gasteiger partial charge is 0.373 e. The summed E-state index contributed by atoms with van der Waals surface area (Å²) in [5.74, 6) is 5.29. The Bertz CT molecular complexity index is 561. The summed E-state index contributed by atoms with van der Waals surface area (Å²) in [4.78, 5) is 7.60. The second-order valence-corrected chi connectivity index (χ2v) is 6.44. The third-order valence-corrected chi connectivity index (χ3v) is 4.92. The number of nitrogens with one attached hydrogen (secondary N) is 2. The van der Waals surface area contributed by atoms with Crippen LogP contribution in [-0.2, 0) is 14.8 Å². The van der Waals surface area contributed by atoms with Crippen LogP contribution in [-0.4, -0.2) is 36.6 Å². The molecule has 2 bridgehead atoms. The van der Waals surface area contributed by atoms with Crippen LogP contribution in [0.3, 0.4) is 0 Å². The molecule has 8 nitrogen and oxygen atoms in total. The van der Waals surface area contributed by atoms with Gasteiger partial charge in [0.15, 0.2) is 0 Å². The van der Waals surface area contributed by atoms with Crippen LogP contribution in [0.5, 0.6) is 0 Å². The van der Waals surface area contributed by atoms with E-state index in [9.17, 15) is 8.42 Å². The van der Waals surface area contributed by atoms with E-state index in [-0.39, 0.29) is 29.1 Å². The van der Waals surface area contributed by atoms with Crippen LogP contribution in [0.2, 0.25) is 0 Å². The molecule has 2 saturated heterocycles. The molecule has 19 heavy (non-hydrogen) atoms. The number of ether oxygens (including phenoxy) is 1. The molecular formula is C10H15N5O3S. The number of nitrogen functional groups attached to an aromatic ring is 1.